The molecule has 4 heteroatoms. The lowest BCUT2D eigenvalue weighted by Gasteiger charge is -2.28. The van der Waals surface area contributed by atoms with Gasteiger partial charge < -0.3 is 15.2 Å². The van der Waals surface area contributed by atoms with Crippen molar-refractivity contribution in [3.63, 3.8) is 0 Å². The minimum atomic E-state index is -0.800. The number of rotatable bonds is 4. The molecule has 20 heavy (non-hydrogen) atoms. The lowest BCUT2D eigenvalue weighted by atomic mass is 9.94. The maximum absolute atomic E-state index is 10.7. The van der Waals surface area contributed by atoms with Gasteiger partial charge in [-0.25, -0.2) is 0 Å². The van der Waals surface area contributed by atoms with Crippen LogP contribution in [0.4, 0.5) is 0 Å². The number of ether oxygens (including phenoxy) is 1. The average molecular weight is 269 g/mol. The van der Waals surface area contributed by atoms with Gasteiger partial charge in [-0.3, -0.25) is 4.79 Å². The van der Waals surface area contributed by atoms with Crippen LogP contribution in [0.25, 0.3) is 0 Å². The summed E-state index contributed by atoms with van der Waals surface area (Å²) < 4.78 is 5.88. The van der Waals surface area contributed by atoms with Crippen molar-refractivity contribution >= 4 is 5.97 Å². The number of benzene rings is 2. The fourth-order valence-corrected chi connectivity index (χ4v) is 2.45. The zero-order valence-corrected chi connectivity index (χ0v) is 10.9. The first-order chi connectivity index (χ1) is 9.75. The standard InChI is InChI=1S/C16H15NO3/c18-15(19)9-10-17-16-11-5-1-3-7-13(11)20-14-8-4-2-6-12(14)16/h1-8,16-17H,9-10H2,(H,18,19). The van der Waals surface area contributed by atoms with Crippen LogP contribution in [0.15, 0.2) is 48.5 Å². The van der Waals surface area contributed by atoms with E-state index in [2.05, 4.69) is 5.32 Å². The van der Waals surface area contributed by atoms with E-state index in [1.165, 1.54) is 0 Å². The summed E-state index contributed by atoms with van der Waals surface area (Å²) in [6.07, 6.45) is 0.0989. The Morgan fingerprint density at radius 1 is 1.05 bits per heavy atom. The summed E-state index contributed by atoms with van der Waals surface area (Å²) >= 11 is 0. The number of hydrogen-bond acceptors (Lipinski definition) is 3. The Bertz CT molecular complexity index is 594. The highest BCUT2D eigenvalue weighted by atomic mass is 16.5. The molecule has 0 saturated heterocycles. The van der Waals surface area contributed by atoms with Gasteiger partial charge in [-0.2, -0.15) is 0 Å². The van der Waals surface area contributed by atoms with E-state index in [0.717, 1.165) is 22.6 Å². The van der Waals surface area contributed by atoms with Gasteiger partial charge in [0.05, 0.1) is 12.5 Å². The van der Waals surface area contributed by atoms with E-state index < -0.39 is 5.97 Å². The van der Waals surface area contributed by atoms with Gasteiger partial charge in [-0.05, 0) is 12.1 Å². The van der Waals surface area contributed by atoms with E-state index in [0.29, 0.717) is 6.54 Å². The molecule has 2 aromatic carbocycles. The Morgan fingerprint density at radius 3 is 2.15 bits per heavy atom. The van der Waals surface area contributed by atoms with E-state index in [1.807, 2.05) is 48.5 Å². The Balaban J connectivity index is 1.93. The maximum Gasteiger partial charge on any atom is 0.304 e. The van der Waals surface area contributed by atoms with Crippen molar-refractivity contribution in [2.75, 3.05) is 6.54 Å². The van der Waals surface area contributed by atoms with Crippen molar-refractivity contribution in [2.24, 2.45) is 0 Å². The summed E-state index contributed by atoms with van der Waals surface area (Å²) in [6, 6.07) is 15.6. The largest absolute Gasteiger partial charge is 0.481 e. The molecular weight excluding hydrogens is 254 g/mol. The van der Waals surface area contributed by atoms with Gasteiger partial charge in [-0.1, -0.05) is 36.4 Å². The van der Waals surface area contributed by atoms with E-state index >= 15 is 0 Å². The molecule has 1 aliphatic rings. The molecule has 3 rings (SSSR count). The monoisotopic (exact) mass is 269 g/mol. The van der Waals surface area contributed by atoms with Gasteiger partial charge in [0.2, 0.25) is 0 Å². The fourth-order valence-electron chi connectivity index (χ4n) is 2.45. The first kappa shape index (κ1) is 12.7. The summed E-state index contributed by atoms with van der Waals surface area (Å²) in [5.41, 5.74) is 2.08. The molecule has 0 radical (unpaired) electrons. The predicted molar refractivity (Wildman–Crippen MR) is 75.1 cm³/mol. The van der Waals surface area contributed by atoms with Crippen LogP contribution in [0.3, 0.4) is 0 Å². The number of nitrogens with one attached hydrogen (secondary N) is 1. The van der Waals surface area contributed by atoms with Gasteiger partial charge in [0, 0.05) is 17.7 Å². The summed E-state index contributed by atoms with van der Waals surface area (Å²) in [5.74, 6) is 0.837. The molecule has 0 atom stereocenters. The van der Waals surface area contributed by atoms with E-state index in [4.69, 9.17) is 9.84 Å². The molecule has 0 bridgehead atoms. The van der Waals surface area contributed by atoms with Crippen LogP contribution in [0.5, 0.6) is 11.5 Å². The zero-order chi connectivity index (χ0) is 13.9. The highest BCUT2D eigenvalue weighted by Crippen LogP contribution is 2.42. The first-order valence-electron chi connectivity index (χ1n) is 6.56. The molecule has 102 valence electrons. The minimum absolute atomic E-state index is 0.0319. The van der Waals surface area contributed by atoms with Gasteiger partial charge in [-0.15, -0.1) is 0 Å². The third kappa shape index (κ3) is 2.38. The second kappa shape index (κ2) is 5.35. The molecule has 4 nitrogen and oxygen atoms in total. The summed E-state index contributed by atoms with van der Waals surface area (Å²) in [6.45, 7) is 0.419. The second-order valence-corrected chi connectivity index (χ2v) is 4.71. The molecule has 0 fully saturated rings. The lowest BCUT2D eigenvalue weighted by molar-refractivity contribution is -0.136. The number of carboxylic acids is 1. The highest BCUT2D eigenvalue weighted by Gasteiger charge is 2.26. The normalized spacial score (nSPS) is 13.2. The first-order valence-corrected chi connectivity index (χ1v) is 6.56. The summed E-state index contributed by atoms with van der Waals surface area (Å²) in [4.78, 5) is 10.7. The van der Waals surface area contributed by atoms with Gasteiger partial charge in [0.15, 0.2) is 0 Å². The molecule has 0 aliphatic carbocycles. The molecule has 1 heterocycles. The number of para-hydroxylation sites is 2. The van der Waals surface area contributed by atoms with Crippen molar-refractivity contribution in [3.05, 3.63) is 59.7 Å². The van der Waals surface area contributed by atoms with Gasteiger partial charge in [0.25, 0.3) is 0 Å². The van der Waals surface area contributed by atoms with Crippen molar-refractivity contribution < 1.29 is 14.6 Å². The number of aliphatic carboxylic acids is 1. The fraction of sp³-hybridized carbons (Fsp3) is 0.188. The molecule has 2 aromatic rings. The third-order valence-electron chi connectivity index (χ3n) is 3.37. The third-order valence-corrected chi connectivity index (χ3v) is 3.37. The lowest BCUT2D eigenvalue weighted by Crippen LogP contribution is -2.27. The number of carboxylic acid groups (broad SMARTS) is 1. The molecule has 0 amide bonds. The zero-order valence-electron chi connectivity index (χ0n) is 10.9. The van der Waals surface area contributed by atoms with Crippen LogP contribution in [-0.2, 0) is 4.79 Å². The highest BCUT2D eigenvalue weighted by molar-refractivity contribution is 5.67. The summed E-state index contributed by atoms with van der Waals surface area (Å²) in [5, 5.41) is 12.1. The van der Waals surface area contributed by atoms with Crippen molar-refractivity contribution in [3.8, 4) is 11.5 Å². The molecule has 0 saturated carbocycles. The van der Waals surface area contributed by atoms with Crippen LogP contribution in [0.1, 0.15) is 23.6 Å². The molecule has 2 N–H and O–H groups in total. The van der Waals surface area contributed by atoms with E-state index in [9.17, 15) is 4.79 Å². The quantitative estimate of drug-likeness (QED) is 0.896. The maximum atomic E-state index is 10.7. The van der Waals surface area contributed by atoms with Crippen LogP contribution in [0.2, 0.25) is 0 Å². The van der Waals surface area contributed by atoms with E-state index in [1.54, 1.807) is 0 Å². The molecule has 0 aromatic heterocycles. The number of hydrogen-bond donors (Lipinski definition) is 2. The predicted octanol–water partition coefficient (Wildman–Crippen LogP) is 2.95. The van der Waals surface area contributed by atoms with Crippen LogP contribution < -0.4 is 10.1 Å². The molecule has 0 unspecified atom stereocenters. The molecular formula is C16H15NO3. The number of carbonyl (C=O) groups is 1. The van der Waals surface area contributed by atoms with Crippen molar-refractivity contribution in [2.45, 2.75) is 12.5 Å². The van der Waals surface area contributed by atoms with Crippen molar-refractivity contribution in [1.29, 1.82) is 0 Å². The van der Waals surface area contributed by atoms with Crippen LogP contribution in [0, 0.1) is 0 Å². The Morgan fingerprint density at radius 2 is 1.60 bits per heavy atom. The SMILES string of the molecule is O=C(O)CCNC1c2ccccc2Oc2ccccc21. The smallest absolute Gasteiger partial charge is 0.304 e. The van der Waals surface area contributed by atoms with Gasteiger partial charge in [0.1, 0.15) is 11.5 Å². The van der Waals surface area contributed by atoms with Crippen LogP contribution >= 0.6 is 0 Å². The second-order valence-electron chi connectivity index (χ2n) is 4.71. The Labute approximate surface area is 117 Å². The molecule has 1 aliphatic heterocycles. The average Bonchev–Trinajstić information content (AvgIpc) is 2.46. The topological polar surface area (TPSA) is 58.6 Å². The van der Waals surface area contributed by atoms with Gasteiger partial charge >= 0.3 is 5.97 Å². The number of fused-ring (bicyclic) bond motifs is 2. The molecule has 0 spiro atoms. The van der Waals surface area contributed by atoms with Crippen molar-refractivity contribution in [1.82, 2.24) is 5.32 Å². The minimum Gasteiger partial charge on any atom is -0.481 e. The summed E-state index contributed by atoms with van der Waals surface area (Å²) in [7, 11) is 0. The van der Waals surface area contributed by atoms with Crippen LogP contribution in [-0.4, -0.2) is 17.6 Å². The Kier molecular flexibility index (Phi) is 3.39. The Hall–Kier alpha value is -2.33. The van der Waals surface area contributed by atoms with E-state index in [-0.39, 0.29) is 12.5 Å².